The number of phenolic OH excluding ortho intramolecular Hbond substituents is 2. The molecule has 1 unspecified atom stereocenters. The summed E-state index contributed by atoms with van der Waals surface area (Å²) < 4.78 is 14.6. The molecule has 0 aliphatic rings. The molecule has 0 bridgehead atoms. The summed E-state index contributed by atoms with van der Waals surface area (Å²) in [6, 6.07) is 10.1. The topological polar surface area (TPSA) is 119 Å². The maximum Gasteiger partial charge on any atom is 0.337 e. The first-order chi connectivity index (χ1) is 13.8. The van der Waals surface area contributed by atoms with Crippen LogP contribution in [-0.4, -0.2) is 42.3 Å². The van der Waals surface area contributed by atoms with Crippen molar-refractivity contribution in [1.82, 2.24) is 0 Å². The largest absolute Gasteiger partial charge is 0.504 e. The lowest BCUT2D eigenvalue weighted by Crippen LogP contribution is -2.15. The van der Waals surface area contributed by atoms with Gasteiger partial charge >= 0.3 is 17.9 Å². The Morgan fingerprint density at radius 3 is 2.24 bits per heavy atom. The molecule has 0 heterocycles. The molecule has 8 nitrogen and oxygen atoms in total. The van der Waals surface area contributed by atoms with Crippen LogP contribution >= 0.6 is 0 Å². The monoisotopic (exact) mass is 400 g/mol. The van der Waals surface area contributed by atoms with E-state index < -0.39 is 24.0 Å². The summed E-state index contributed by atoms with van der Waals surface area (Å²) >= 11 is 0. The van der Waals surface area contributed by atoms with Gasteiger partial charge in [-0.3, -0.25) is 4.79 Å². The maximum absolute atomic E-state index is 12.2. The van der Waals surface area contributed by atoms with Gasteiger partial charge in [-0.05, 0) is 41.5 Å². The van der Waals surface area contributed by atoms with E-state index in [0.29, 0.717) is 16.7 Å². The zero-order chi connectivity index (χ0) is 21.4. The van der Waals surface area contributed by atoms with Crippen molar-refractivity contribution in [3.63, 3.8) is 0 Å². The summed E-state index contributed by atoms with van der Waals surface area (Å²) in [6.07, 6.45) is 1.36. The number of hydrogen-bond donors (Lipinski definition) is 2. The third-order valence-electron chi connectivity index (χ3n) is 3.95. The number of benzene rings is 2. The Morgan fingerprint density at radius 1 is 0.966 bits per heavy atom. The Labute approximate surface area is 166 Å². The Bertz CT molecular complexity index is 915. The highest BCUT2D eigenvalue weighted by molar-refractivity contribution is 5.89. The van der Waals surface area contributed by atoms with E-state index >= 15 is 0 Å². The third-order valence-corrected chi connectivity index (χ3v) is 3.95. The maximum atomic E-state index is 12.2. The minimum atomic E-state index is -0.931. The SMILES string of the molecule is COC(=O)CC(OC(=O)/C=C/c1ccc(O)c(O)c1)c1ccc(C(=O)OC)cc1. The van der Waals surface area contributed by atoms with Crippen LogP contribution in [0.25, 0.3) is 6.08 Å². The van der Waals surface area contributed by atoms with Gasteiger partial charge < -0.3 is 24.4 Å². The molecule has 2 N–H and O–H groups in total. The second kappa shape index (κ2) is 9.93. The molecule has 0 aliphatic carbocycles. The molecular formula is C21H20O8. The fourth-order valence-electron chi connectivity index (χ4n) is 2.40. The number of hydrogen-bond acceptors (Lipinski definition) is 8. The first-order valence-electron chi connectivity index (χ1n) is 8.49. The van der Waals surface area contributed by atoms with Crippen LogP contribution in [0.15, 0.2) is 48.5 Å². The highest BCUT2D eigenvalue weighted by atomic mass is 16.6. The van der Waals surface area contributed by atoms with Gasteiger partial charge in [0.05, 0.1) is 26.2 Å². The van der Waals surface area contributed by atoms with Crippen LogP contribution in [0.4, 0.5) is 0 Å². The van der Waals surface area contributed by atoms with Gasteiger partial charge in [-0.1, -0.05) is 18.2 Å². The van der Waals surface area contributed by atoms with E-state index in [2.05, 4.69) is 9.47 Å². The third kappa shape index (κ3) is 6.10. The summed E-state index contributed by atoms with van der Waals surface area (Å²) in [5, 5.41) is 18.8. The number of methoxy groups -OCH3 is 2. The Kier molecular flexibility index (Phi) is 7.36. The van der Waals surface area contributed by atoms with Crippen LogP contribution in [0.1, 0.15) is 34.0 Å². The van der Waals surface area contributed by atoms with E-state index in [-0.39, 0.29) is 17.9 Å². The molecular weight excluding hydrogens is 380 g/mol. The van der Waals surface area contributed by atoms with Gasteiger partial charge in [0.25, 0.3) is 0 Å². The van der Waals surface area contributed by atoms with E-state index in [1.54, 1.807) is 12.1 Å². The lowest BCUT2D eigenvalue weighted by atomic mass is 10.0. The summed E-state index contributed by atoms with van der Waals surface area (Å²) in [4.78, 5) is 35.4. The Morgan fingerprint density at radius 2 is 1.66 bits per heavy atom. The van der Waals surface area contributed by atoms with Crippen molar-refractivity contribution in [2.75, 3.05) is 14.2 Å². The molecule has 2 aromatic rings. The van der Waals surface area contributed by atoms with Crippen LogP contribution in [0.3, 0.4) is 0 Å². The predicted octanol–water partition coefficient (Wildman–Crippen LogP) is 2.75. The van der Waals surface area contributed by atoms with Crippen LogP contribution in [-0.2, 0) is 23.8 Å². The summed E-state index contributed by atoms with van der Waals surface area (Å²) in [7, 11) is 2.48. The van der Waals surface area contributed by atoms with Crippen molar-refractivity contribution in [2.24, 2.45) is 0 Å². The second-order valence-corrected chi connectivity index (χ2v) is 5.90. The smallest absolute Gasteiger partial charge is 0.337 e. The predicted molar refractivity (Wildman–Crippen MR) is 102 cm³/mol. The molecule has 0 aromatic heterocycles. The number of ether oxygens (including phenoxy) is 3. The lowest BCUT2D eigenvalue weighted by molar-refractivity contribution is -0.150. The van der Waals surface area contributed by atoms with E-state index in [1.165, 1.54) is 50.6 Å². The molecule has 0 spiro atoms. The van der Waals surface area contributed by atoms with Gasteiger partial charge in [-0.25, -0.2) is 9.59 Å². The van der Waals surface area contributed by atoms with E-state index in [0.717, 1.165) is 6.08 Å². The van der Waals surface area contributed by atoms with Crippen molar-refractivity contribution in [2.45, 2.75) is 12.5 Å². The molecule has 2 aromatic carbocycles. The number of carbonyl (C=O) groups is 3. The highest BCUT2D eigenvalue weighted by Crippen LogP contribution is 2.26. The summed E-state index contributed by atoms with van der Waals surface area (Å²) in [6.45, 7) is 0. The quantitative estimate of drug-likeness (QED) is 0.315. The Balaban J connectivity index is 2.15. The molecule has 0 radical (unpaired) electrons. The standard InChI is InChI=1S/C21H20O8/c1-27-20(25)12-18(14-5-7-15(8-6-14)21(26)28-2)29-19(24)10-4-13-3-9-16(22)17(23)11-13/h3-11,18,22-23H,12H2,1-2H3/b10-4+. The van der Waals surface area contributed by atoms with E-state index in [9.17, 15) is 24.6 Å². The number of aromatic hydroxyl groups is 2. The van der Waals surface area contributed by atoms with Crippen molar-refractivity contribution in [1.29, 1.82) is 0 Å². The number of rotatable bonds is 7. The minimum Gasteiger partial charge on any atom is -0.504 e. The molecule has 29 heavy (non-hydrogen) atoms. The first-order valence-corrected chi connectivity index (χ1v) is 8.49. The average molecular weight is 400 g/mol. The Hall–Kier alpha value is -3.81. The van der Waals surface area contributed by atoms with Crippen molar-refractivity contribution < 1.29 is 38.8 Å². The molecule has 1 atom stereocenters. The average Bonchev–Trinajstić information content (AvgIpc) is 2.73. The van der Waals surface area contributed by atoms with Gasteiger partial charge in [0.1, 0.15) is 6.10 Å². The molecule has 0 saturated carbocycles. The van der Waals surface area contributed by atoms with Crippen molar-refractivity contribution in [3.8, 4) is 11.5 Å². The zero-order valence-electron chi connectivity index (χ0n) is 15.8. The van der Waals surface area contributed by atoms with E-state index in [1.807, 2.05) is 0 Å². The second-order valence-electron chi connectivity index (χ2n) is 5.90. The molecule has 0 fully saturated rings. The highest BCUT2D eigenvalue weighted by Gasteiger charge is 2.21. The van der Waals surface area contributed by atoms with Gasteiger partial charge in [-0.15, -0.1) is 0 Å². The van der Waals surface area contributed by atoms with E-state index in [4.69, 9.17) is 4.74 Å². The number of phenols is 2. The summed E-state index contributed by atoms with van der Waals surface area (Å²) in [5.41, 5.74) is 1.27. The molecule has 152 valence electrons. The first kappa shape index (κ1) is 21.5. The van der Waals surface area contributed by atoms with Gasteiger partial charge in [0.2, 0.25) is 0 Å². The van der Waals surface area contributed by atoms with Crippen LogP contribution in [0.5, 0.6) is 11.5 Å². The zero-order valence-corrected chi connectivity index (χ0v) is 15.8. The fraction of sp³-hybridized carbons (Fsp3) is 0.190. The van der Waals surface area contributed by atoms with Gasteiger partial charge in [0.15, 0.2) is 11.5 Å². The molecule has 0 saturated heterocycles. The van der Waals surface area contributed by atoms with Crippen molar-refractivity contribution in [3.05, 3.63) is 65.2 Å². The number of esters is 3. The van der Waals surface area contributed by atoms with Crippen molar-refractivity contribution >= 4 is 24.0 Å². The van der Waals surface area contributed by atoms with Crippen LogP contribution < -0.4 is 0 Å². The molecule has 2 rings (SSSR count). The lowest BCUT2D eigenvalue weighted by Gasteiger charge is -2.16. The molecule has 0 amide bonds. The molecule has 0 aliphatic heterocycles. The summed E-state index contributed by atoms with van der Waals surface area (Å²) in [5.74, 6) is -2.43. The van der Waals surface area contributed by atoms with Crippen LogP contribution in [0.2, 0.25) is 0 Å². The van der Waals surface area contributed by atoms with Gasteiger partial charge in [-0.2, -0.15) is 0 Å². The minimum absolute atomic E-state index is 0.215. The number of carbonyl (C=O) groups excluding carboxylic acids is 3. The van der Waals surface area contributed by atoms with Gasteiger partial charge in [0, 0.05) is 6.08 Å². The normalized spacial score (nSPS) is 11.7. The molecule has 8 heteroatoms. The fourth-order valence-corrected chi connectivity index (χ4v) is 2.40. The van der Waals surface area contributed by atoms with Crippen LogP contribution in [0, 0.1) is 0 Å².